The number of nitrogen functional groups attached to an aromatic ring is 1. The molecule has 0 aliphatic heterocycles. The quantitative estimate of drug-likeness (QED) is 0.940. The van der Waals surface area contributed by atoms with Crippen LogP contribution < -0.4 is 5.73 Å². The highest BCUT2D eigenvalue weighted by Gasteiger charge is 2.09. The first-order valence-electron chi connectivity index (χ1n) is 5.18. The first kappa shape index (κ1) is 13.1. The lowest BCUT2D eigenvalue weighted by Crippen LogP contribution is -2.01. The van der Waals surface area contributed by atoms with Crippen LogP contribution in [0.2, 0.25) is 10.0 Å². The minimum absolute atomic E-state index is 0.366. The summed E-state index contributed by atoms with van der Waals surface area (Å²) < 4.78 is 5.02. The van der Waals surface area contributed by atoms with Crippen molar-refractivity contribution in [1.29, 1.82) is 0 Å². The van der Waals surface area contributed by atoms with E-state index in [1.807, 2.05) is 0 Å². The molecule has 2 N–H and O–H groups in total. The molecule has 2 aromatic rings. The molecule has 0 unspecified atom stereocenters. The van der Waals surface area contributed by atoms with E-state index in [-0.39, 0.29) is 0 Å². The van der Waals surface area contributed by atoms with Crippen LogP contribution in [0.25, 0.3) is 11.4 Å². The third kappa shape index (κ3) is 2.90. The van der Waals surface area contributed by atoms with Crippen molar-refractivity contribution in [3.8, 4) is 11.4 Å². The molecule has 1 heterocycles. The predicted molar refractivity (Wildman–Crippen MR) is 72.6 cm³/mol. The SMILES string of the molecule is COCc1cc(N)nc(-c2ccc(Cl)cc2Cl)n1. The van der Waals surface area contributed by atoms with Gasteiger partial charge in [-0.3, -0.25) is 0 Å². The van der Waals surface area contributed by atoms with Gasteiger partial charge in [-0.1, -0.05) is 23.2 Å². The molecular weight excluding hydrogens is 273 g/mol. The zero-order valence-corrected chi connectivity index (χ0v) is 11.2. The molecule has 2 rings (SSSR count). The highest BCUT2D eigenvalue weighted by atomic mass is 35.5. The van der Waals surface area contributed by atoms with Crippen molar-refractivity contribution in [1.82, 2.24) is 9.97 Å². The molecule has 0 amide bonds. The van der Waals surface area contributed by atoms with E-state index in [1.165, 1.54) is 0 Å². The number of aromatic nitrogens is 2. The summed E-state index contributed by atoms with van der Waals surface area (Å²) in [5.74, 6) is 0.835. The molecule has 1 aromatic heterocycles. The Bertz CT molecular complexity index is 575. The molecule has 4 nitrogen and oxygen atoms in total. The van der Waals surface area contributed by atoms with Crippen LogP contribution in [0.4, 0.5) is 5.82 Å². The largest absolute Gasteiger partial charge is 0.384 e. The lowest BCUT2D eigenvalue weighted by molar-refractivity contribution is 0.181. The maximum absolute atomic E-state index is 6.11. The molecule has 0 saturated carbocycles. The van der Waals surface area contributed by atoms with Crippen molar-refractivity contribution in [2.45, 2.75) is 6.61 Å². The van der Waals surface area contributed by atoms with Crippen LogP contribution in [0.3, 0.4) is 0 Å². The van der Waals surface area contributed by atoms with Crippen molar-refractivity contribution >= 4 is 29.0 Å². The van der Waals surface area contributed by atoms with Gasteiger partial charge in [-0.05, 0) is 18.2 Å². The van der Waals surface area contributed by atoms with Gasteiger partial charge in [-0.15, -0.1) is 0 Å². The third-order valence-electron chi connectivity index (χ3n) is 2.26. The van der Waals surface area contributed by atoms with E-state index in [0.717, 1.165) is 0 Å². The minimum atomic E-state index is 0.366. The minimum Gasteiger partial charge on any atom is -0.384 e. The molecule has 0 aliphatic carbocycles. The molecule has 0 spiro atoms. The van der Waals surface area contributed by atoms with E-state index in [0.29, 0.717) is 39.6 Å². The first-order chi connectivity index (χ1) is 8.60. The number of hydrogen-bond donors (Lipinski definition) is 1. The topological polar surface area (TPSA) is 61.0 Å². The summed E-state index contributed by atoms with van der Waals surface area (Å²) in [6.45, 7) is 0.366. The van der Waals surface area contributed by atoms with Crippen LogP contribution in [-0.4, -0.2) is 17.1 Å². The normalized spacial score (nSPS) is 10.6. The van der Waals surface area contributed by atoms with Crippen LogP contribution in [0, 0.1) is 0 Å². The molecular formula is C12H11Cl2N3O. The van der Waals surface area contributed by atoms with E-state index in [4.69, 9.17) is 33.7 Å². The van der Waals surface area contributed by atoms with Crippen LogP contribution in [0.15, 0.2) is 24.3 Å². The Balaban J connectivity index is 2.49. The number of hydrogen-bond acceptors (Lipinski definition) is 4. The average molecular weight is 284 g/mol. The fraction of sp³-hybridized carbons (Fsp3) is 0.167. The number of ether oxygens (including phenoxy) is 1. The van der Waals surface area contributed by atoms with Gasteiger partial charge >= 0.3 is 0 Å². The summed E-state index contributed by atoms with van der Waals surface area (Å²) in [6.07, 6.45) is 0. The molecule has 0 bridgehead atoms. The number of benzene rings is 1. The Kier molecular flexibility index (Phi) is 4.01. The molecule has 0 saturated heterocycles. The van der Waals surface area contributed by atoms with Crippen LogP contribution in [0.5, 0.6) is 0 Å². The molecule has 0 fully saturated rings. The molecule has 6 heteroatoms. The molecule has 0 aliphatic rings. The zero-order valence-electron chi connectivity index (χ0n) is 9.65. The fourth-order valence-corrected chi connectivity index (χ4v) is 2.02. The zero-order chi connectivity index (χ0) is 13.1. The van der Waals surface area contributed by atoms with Gasteiger partial charge in [-0.2, -0.15) is 0 Å². The number of halogens is 2. The van der Waals surface area contributed by atoms with E-state index in [1.54, 1.807) is 31.4 Å². The molecule has 1 aromatic carbocycles. The van der Waals surface area contributed by atoms with E-state index in [2.05, 4.69) is 9.97 Å². The smallest absolute Gasteiger partial charge is 0.163 e. The lowest BCUT2D eigenvalue weighted by Gasteiger charge is -2.07. The third-order valence-corrected chi connectivity index (χ3v) is 2.81. The van der Waals surface area contributed by atoms with Gasteiger partial charge in [0.1, 0.15) is 5.82 Å². The second kappa shape index (κ2) is 5.52. The summed E-state index contributed by atoms with van der Waals surface area (Å²) in [7, 11) is 1.59. The summed E-state index contributed by atoms with van der Waals surface area (Å²) in [6, 6.07) is 6.79. The Morgan fingerprint density at radius 1 is 1.22 bits per heavy atom. The number of anilines is 1. The van der Waals surface area contributed by atoms with Gasteiger partial charge < -0.3 is 10.5 Å². The van der Waals surface area contributed by atoms with Crippen molar-refractivity contribution in [3.63, 3.8) is 0 Å². The second-order valence-electron chi connectivity index (χ2n) is 3.66. The number of nitrogens with two attached hydrogens (primary N) is 1. The Morgan fingerprint density at radius 3 is 2.67 bits per heavy atom. The highest BCUT2D eigenvalue weighted by Crippen LogP contribution is 2.28. The fourth-order valence-electron chi connectivity index (χ4n) is 1.53. The average Bonchev–Trinajstić information content (AvgIpc) is 2.28. The van der Waals surface area contributed by atoms with E-state index in [9.17, 15) is 0 Å². The van der Waals surface area contributed by atoms with Crippen molar-refractivity contribution in [2.75, 3.05) is 12.8 Å². The van der Waals surface area contributed by atoms with Crippen LogP contribution in [-0.2, 0) is 11.3 Å². The van der Waals surface area contributed by atoms with Crippen molar-refractivity contribution in [2.24, 2.45) is 0 Å². The van der Waals surface area contributed by atoms with E-state index >= 15 is 0 Å². The predicted octanol–water partition coefficient (Wildman–Crippen LogP) is 3.18. The monoisotopic (exact) mass is 283 g/mol. The summed E-state index contributed by atoms with van der Waals surface area (Å²) in [4.78, 5) is 8.50. The second-order valence-corrected chi connectivity index (χ2v) is 4.51. The molecule has 0 atom stereocenters. The summed E-state index contributed by atoms with van der Waals surface area (Å²) in [5.41, 5.74) is 7.12. The van der Waals surface area contributed by atoms with Crippen LogP contribution >= 0.6 is 23.2 Å². The molecule has 18 heavy (non-hydrogen) atoms. The standard InChI is InChI=1S/C12H11Cl2N3O/c1-18-6-8-5-11(15)17-12(16-8)9-3-2-7(13)4-10(9)14/h2-5H,6H2,1H3,(H2,15,16,17). The van der Waals surface area contributed by atoms with Crippen molar-refractivity contribution in [3.05, 3.63) is 40.0 Å². The summed E-state index contributed by atoms with van der Waals surface area (Å²) >= 11 is 12.0. The molecule has 0 radical (unpaired) electrons. The van der Waals surface area contributed by atoms with E-state index < -0.39 is 0 Å². The molecule has 94 valence electrons. The number of nitrogens with zero attached hydrogens (tertiary/aromatic N) is 2. The van der Waals surface area contributed by atoms with Gasteiger partial charge in [0.05, 0.1) is 17.3 Å². The Labute approximate surface area is 115 Å². The number of rotatable bonds is 3. The number of methoxy groups -OCH3 is 1. The van der Waals surface area contributed by atoms with Crippen LogP contribution in [0.1, 0.15) is 5.69 Å². The van der Waals surface area contributed by atoms with Crippen molar-refractivity contribution < 1.29 is 4.74 Å². The van der Waals surface area contributed by atoms with Gasteiger partial charge in [0.2, 0.25) is 0 Å². The van der Waals surface area contributed by atoms with Gasteiger partial charge in [0.15, 0.2) is 5.82 Å². The summed E-state index contributed by atoms with van der Waals surface area (Å²) in [5, 5.41) is 1.04. The maximum atomic E-state index is 6.11. The highest BCUT2D eigenvalue weighted by molar-refractivity contribution is 6.36. The van der Waals surface area contributed by atoms with Gasteiger partial charge in [-0.25, -0.2) is 9.97 Å². The Hall–Kier alpha value is -1.36. The Morgan fingerprint density at radius 2 is 2.00 bits per heavy atom. The maximum Gasteiger partial charge on any atom is 0.163 e. The van der Waals surface area contributed by atoms with Gasteiger partial charge in [0, 0.05) is 23.8 Å². The lowest BCUT2D eigenvalue weighted by atomic mass is 10.2. The van der Waals surface area contributed by atoms with Gasteiger partial charge in [0.25, 0.3) is 0 Å². The first-order valence-corrected chi connectivity index (χ1v) is 5.93.